The standard InChI is InChI=1S/C22H24N2O2/c1-15-19-7-3-2-6-17(19)11-12-24(15)22(26)8-4-5-16-9-10-20-18(13-16)14-21(25)23-20/h2-3,6-7,9-10,13,15H,4-5,8,11-12,14H2,1H3,(H,23,25)/t15-/m0/s1. The van der Waals surface area contributed by atoms with Crippen molar-refractivity contribution >= 4 is 17.5 Å². The fraction of sp³-hybridized carbons (Fsp3) is 0.364. The summed E-state index contributed by atoms with van der Waals surface area (Å²) in [6, 6.07) is 14.7. The van der Waals surface area contributed by atoms with Gasteiger partial charge in [0.25, 0.3) is 0 Å². The number of amides is 2. The SMILES string of the molecule is C[C@H]1c2ccccc2CCN1C(=O)CCCc1ccc2c(c1)CC(=O)N2. The molecule has 4 rings (SSSR count). The molecule has 0 saturated heterocycles. The molecule has 4 nitrogen and oxygen atoms in total. The first kappa shape index (κ1) is 16.8. The van der Waals surface area contributed by atoms with Crippen molar-refractivity contribution in [2.45, 2.75) is 45.1 Å². The van der Waals surface area contributed by atoms with Crippen LogP contribution in [0.3, 0.4) is 0 Å². The molecule has 2 aliphatic heterocycles. The molecular weight excluding hydrogens is 324 g/mol. The van der Waals surface area contributed by atoms with E-state index in [1.807, 2.05) is 11.0 Å². The molecule has 2 aromatic rings. The number of anilines is 1. The van der Waals surface area contributed by atoms with Gasteiger partial charge in [-0.3, -0.25) is 9.59 Å². The second kappa shape index (κ2) is 6.94. The van der Waals surface area contributed by atoms with Gasteiger partial charge in [-0.25, -0.2) is 0 Å². The second-order valence-electron chi connectivity index (χ2n) is 7.28. The van der Waals surface area contributed by atoms with Crippen molar-refractivity contribution in [3.8, 4) is 0 Å². The van der Waals surface area contributed by atoms with E-state index in [0.29, 0.717) is 12.8 Å². The number of nitrogens with zero attached hydrogens (tertiary/aromatic N) is 1. The Kier molecular flexibility index (Phi) is 4.49. The molecule has 0 saturated carbocycles. The minimum absolute atomic E-state index is 0.0618. The highest BCUT2D eigenvalue weighted by Gasteiger charge is 2.26. The smallest absolute Gasteiger partial charge is 0.228 e. The third-order valence-corrected chi connectivity index (χ3v) is 5.57. The van der Waals surface area contributed by atoms with Gasteiger partial charge in [0.05, 0.1) is 12.5 Å². The third kappa shape index (κ3) is 3.24. The van der Waals surface area contributed by atoms with E-state index in [0.717, 1.165) is 37.1 Å². The predicted molar refractivity (Wildman–Crippen MR) is 102 cm³/mol. The van der Waals surface area contributed by atoms with Crippen molar-refractivity contribution in [3.05, 3.63) is 64.7 Å². The van der Waals surface area contributed by atoms with E-state index in [1.165, 1.54) is 16.7 Å². The molecule has 0 unspecified atom stereocenters. The molecule has 26 heavy (non-hydrogen) atoms. The van der Waals surface area contributed by atoms with Crippen LogP contribution in [0.1, 0.15) is 48.1 Å². The molecular formula is C22H24N2O2. The van der Waals surface area contributed by atoms with Crippen molar-refractivity contribution in [2.75, 3.05) is 11.9 Å². The molecule has 0 fully saturated rings. The first-order valence-electron chi connectivity index (χ1n) is 9.41. The lowest BCUT2D eigenvalue weighted by Crippen LogP contribution is -2.38. The van der Waals surface area contributed by atoms with E-state index in [4.69, 9.17) is 0 Å². The first-order valence-corrected chi connectivity index (χ1v) is 9.41. The molecule has 0 bridgehead atoms. The van der Waals surface area contributed by atoms with Crippen molar-refractivity contribution < 1.29 is 9.59 Å². The van der Waals surface area contributed by atoms with Gasteiger partial charge in [-0.2, -0.15) is 0 Å². The lowest BCUT2D eigenvalue weighted by atomic mass is 9.93. The van der Waals surface area contributed by atoms with Gasteiger partial charge in [-0.05, 0) is 54.5 Å². The van der Waals surface area contributed by atoms with Crippen LogP contribution in [0.2, 0.25) is 0 Å². The van der Waals surface area contributed by atoms with Gasteiger partial charge in [0.2, 0.25) is 11.8 Å². The van der Waals surface area contributed by atoms with Gasteiger partial charge >= 0.3 is 0 Å². The number of hydrogen-bond acceptors (Lipinski definition) is 2. The Balaban J connectivity index is 1.34. The Morgan fingerprint density at radius 1 is 1.19 bits per heavy atom. The molecule has 0 radical (unpaired) electrons. The molecule has 2 amide bonds. The molecule has 0 aliphatic carbocycles. The summed E-state index contributed by atoms with van der Waals surface area (Å²) in [4.78, 5) is 26.2. The molecule has 2 heterocycles. The highest BCUT2D eigenvalue weighted by atomic mass is 16.2. The van der Waals surface area contributed by atoms with Gasteiger partial charge in [-0.15, -0.1) is 0 Å². The molecule has 0 aromatic heterocycles. The summed E-state index contributed by atoms with van der Waals surface area (Å²) < 4.78 is 0. The van der Waals surface area contributed by atoms with Crippen molar-refractivity contribution in [1.29, 1.82) is 0 Å². The molecule has 1 N–H and O–H groups in total. The van der Waals surface area contributed by atoms with Gasteiger partial charge < -0.3 is 10.2 Å². The summed E-state index contributed by atoms with van der Waals surface area (Å²) in [6.45, 7) is 2.93. The summed E-state index contributed by atoms with van der Waals surface area (Å²) in [6.07, 6.45) is 3.68. The van der Waals surface area contributed by atoms with Crippen molar-refractivity contribution in [1.82, 2.24) is 4.90 Å². The first-order chi connectivity index (χ1) is 12.6. The van der Waals surface area contributed by atoms with Gasteiger partial charge in [0, 0.05) is 18.7 Å². The second-order valence-corrected chi connectivity index (χ2v) is 7.28. The zero-order valence-electron chi connectivity index (χ0n) is 15.1. The quantitative estimate of drug-likeness (QED) is 0.917. The van der Waals surface area contributed by atoms with Gasteiger partial charge in [0.15, 0.2) is 0 Å². The summed E-state index contributed by atoms with van der Waals surface area (Å²) in [7, 11) is 0. The van der Waals surface area contributed by atoms with E-state index in [1.54, 1.807) is 0 Å². The van der Waals surface area contributed by atoms with Gasteiger partial charge in [0.1, 0.15) is 0 Å². The molecule has 134 valence electrons. The summed E-state index contributed by atoms with van der Waals surface area (Å²) in [5.41, 5.74) is 5.84. The van der Waals surface area contributed by atoms with E-state index < -0.39 is 0 Å². The fourth-order valence-electron chi connectivity index (χ4n) is 4.14. The van der Waals surface area contributed by atoms with Crippen LogP contribution in [0, 0.1) is 0 Å². The number of rotatable bonds is 4. The summed E-state index contributed by atoms with van der Waals surface area (Å²) in [5, 5.41) is 2.86. The van der Waals surface area contributed by atoms with E-state index in [-0.39, 0.29) is 17.9 Å². The lowest BCUT2D eigenvalue weighted by molar-refractivity contribution is -0.133. The molecule has 1 atom stereocenters. The van der Waals surface area contributed by atoms with Crippen LogP contribution in [0.15, 0.2) is 42.5 Å². The van der Waals surface area contributed by atoms with E-state index in [2.05, 4.69) is 48.6 Å². The third-order valence-electron chi connectivity index (χ3n) is 5.57. The lowest BCUT2D eigenvalue weighted by Gasteiger charge is -2.35. The highest BCUT2D eigenvalue weighted by Crippen LogP contribution is 2.30. The van der Waals surface area contributed by atoms with Crippen LogP contribution in [-0.4, -0.2) is 23.3 Å². The Bertz CT molecular complexity index is 859. The molecule has 0 spiro atoms. The molecule has 2 aromatic carbocycles. The average molecular weight is 348 g/mol. The monoisotopic (exact) mass is 348 g/mol. The van der Waals surface area contributed by atoms with Crippen LogP contribution >= 0.6 is 0 Å². The Labute approximate surface area is 154 Å². The number of carbonyl (C=O) groups is 2. The van der Waals surface area contributed by atoms with Crippen LogP contribution in [0.25, 0.3) is 0 Å². The minimum atomic E-state index is 0.0618. The Morgan fingerprint density at radius 3 is 2.92 bits per heavy atom. The van der Waals surface area contributed by atoms with E-state index >= 15 is 0 Å². The largest absolute Gasteiger partial charge is 0.336 e. The minimum Gasteiger partial charge on any atom is -0.336 e. The van der Waals surface area contributed by atoms with Crippen molar-refractivity contribution in [3.63, 3.8) is 0 Å². The van der Waals surface area contributed by atoms with Crippen LogP contribution in [0.5, 0.6) is 0 Å². The Morgan fingerprint density at radius 2 is 2.04 bits per heavy atom. The predicted octanol–water partition coefficient (Wildman–Crippen LogP) is 3.65. The zero-order valence-corrected chi connectivity index (χ0v) is 15.1. The number of hydrogen-bond donors (Lipinski definition) is 1. The van der Waals surface area contributed by atoms with Crippen LogP contribution in [0.4, 0.5) is 5.69 Å². The van der Waals surface area contributed by atoms with Crippen molar-refractivity contribution in [2.24, 2.45) is 0 Å². The van der Waals surface area contributed by atoms with Crippen LogP contribution < -0.4 is 5.32 Å². The summed E-state index contributed by atoms with van der Waals surface area (Å²) >= 11 is 0. The average Bonchev–Trinajstić information content (AvgIpc) is 3.01. The maximum atomic E-state index is 12.7. The number of carbonyl (C=O) groups excluding carboxylic acids is 2. The topological polar surface area (TPSA) is 49.4 Å². The summed E-state index contributed by atoms with van der Waals surface area (Å²) in [5.74, 6) is 0.303. The number of aryl methyl sites for hydroxylation is 1. The van der Waals surface area contributed by atoms with E-state index in [9.17, 15) is 9.59 Å². The number of nitrogens with one attached hydrogen (secondary N) is 1. The molecule has 2 aliphatic rings. The van der Waals surface area contributed by atoms with Gasteiger partial charge in [-0.1, -0.05) is 36.4 Å². The fourth-order valence-corrected chi connectivity index (χ4v) is 4.14. The zero-order chi connectivity index (χ0) is 18.1. The maximum Gasteiger partial charge on any atom is 0.228 e. The molecule has 4 heteroatoms. The normalized spacial score (nSPS) is 18.3. The highest BCUT2D eigenvalue weighted by molar-refractivity contribution is 5.99. The number of fused-ring (bicyclic) bond motifs is 2. The van der Waals surface area contributed by atoms with Crippen LogP contribution in [-0.2, 0) is 28.9 Å². The maximum absolute atomic E-state index is 12.7. The Hall–Kier alpha value is -2.62. The number of benzene rings is 2.